The van der Waals surface area contributed by atoms with Gasteiger partial charge in [0.15, 0.2) is 0 Å². The highest BCUT2D eigenvalue weighted by Gasteiger charge is 2.16. The van der Waals surface area contributed by atoms with Gasteiger partial charge < -0.3 is 5.32 Å². The van der Waals surface area contributed by atoms with Crippen LogP contribution < -0.4 is 5.32 Å². The summed E-state index contributed by atoms with van der Waals surface area (Å²) in [6.45, 7) is 7.79. The molecule has 1 saturated heterocycles. The van der Waals surface area contributed by atoms with E-state index in [0.29, 0.717) is 5.92 Å². The standard InChI is InChI=1S/C12H21N3/c1-10(2)8-15-9-12(7-14-15)11-3-5-13-6-4-11/h7,9-11,13H,3-6,8H2,1-2H3. The lowest BCUT2D eigenvalue weighted by atomic mass is 9.93. The molecule has 0 saturated carbocycles. The van der Waals surface area contributed by atoms with Gasteiger partial charge in [-0.25, -0.2) is 0 Å². The van der Waals surface area contributed by atoms with Crippen LogP contribution in [0.3, 0.4) is 0 Å². The minimum Gasteiger partial charge on any atom is -0.317 e. The van der Waals surface area contributed by atoms with E-state index >= 15 is 0 Å². The first-order valence-electron chi connectivity index (χ1n) is 5.99. The Morgan fingerprint density at radius 1 is 1.47 bits per heavy atom. The highest BCUT2D eigenvalue weighted by atomic mass is 15.3. The lowest BCUT2D eigenvalue weighted by Crippen LogP contribution is -2.26. The SMILES string of the molecule is CC(C)Cn1cc(C2CCNCC2)cn1. The average Bonchev–Trinajstić information content (AvgIpc) is 2.67. The van der Waals surface area contributed by atoms with Crippen molar-refractivity contribution in [2.75, 3.05) is 13.1 Å². The molecule has 0 unspecified atom stereocenters. The Labute approximate surface area is 91.9 Å². The summed E-state index contributed by atoms with van der Waals surface area (Å²) < 4.78 is 2.09. The third-order valence-electron chi connectivity index (χ3n) is 3.02. The first-order chi connectivity index (χ1) is 7.25. The van der Waals surface area contributed by atoms with E-state index in [2.05, 4.69) is 41.3 Å². The van der Waals surface area contributed by atoms with E-state index < -0.39 is 0 Å². The normalized spacial score (nSPS) is 18.6. The molecule has 0 spiro atoms. The van der Waals surface area contributed by atoms with Crippen molar-refractivity contribution in [2.45, 2.75) is 39.2 Å². The summed E-state index contributed by atoms with van der Waals surface area (Å²) in [7, 11) is 0. The van der Waals surface area contributed by atoms with Crippen molar-refractivity contribution in [2.24, 2.45) is 5.92 Å². The topological polar surface area (TPSA) is 29.9 Å². The first kappa shape index (κ1) is 10.7. The van der Waals surface area contributed by atoms with Gasteiger partial charge in [-0.15, -0.1) is 0 Å². The molecule has 2 rings (SSSR count). The maximum Gasteiger partial charge on any atom is 0.0524 e. The second-order valence-electron chi connectivity index (χ2n) is 4.91. The number of hydrogen-bond acceptors (Lipinski definition) is 2. The predicted molar refractivity (Wildman–Crippen MR) is 61.9 cm³/mol. The second kappa shape index (κ2) is 4.79. The molecule has 84 valence electrons. The molecule has 3 nitrogen and oxygen atoms in total. The molecule has 1 aliphatic heterocycles. The van der Waals surface area contributed by atoms with E-state index in [9.17, 15) is 0 Å². The highest BCUT2D eigenvalue weighted by molar-refractivity contribution is 5.12. The van der Waals surface area contributed by atoms with Crippen molar-refractivity contribution in [1.82, 2.24) is 15.1 Å². The molecular weight excluding hydrogens is 186 g/mol. The summed E-state index contributed by atoms with van der Waals surface area (Å²) in [5.74, 6) is 1.40. The zero-order chi connectivity index (χ0) is 10.7. The molecule has 1 aliphatic rings. The fraction of sp³-hybridized carbons (Fsp3) is 0.750. The van der Waals surface area contributed by atoms with E-state index in [1.165, 1.54) is 18.4 Å². The van der Waals surface area contributed by atoms with Gasteiger partial charge in [0.1, 0.15) is 0 Å². The van der Waals surface area contributed by atoms with Crippen molar-refractivity contribution in [3.8, 4) is 0 Å². The maximum atomic E-state index is 4.43. The summed E-state index contributed by atoms with van der Waals surface area (Å²) in [6, 6.07) is 0. The Hall–Kier alpha value is -0.830. The smallest absolute Gasteiger partial charge is 0.0524 e. The van der Waals surface area contributed by atoms with Crippen LogP contribution in [0.15, 0.2) is 12.4 Å². The molecule has 0 amide bonds. The molecule has 15 heavy (non-hydrogen) atoms. The number of nitrogens with zero attached hydrogens (tertiary/aromatic N) is 2. The lowest BCUT2D eigenvalue weighted by Gasteiger charge is -2.21. The minimum absolute atomic E-state index is 0.672. The van der Waals surface area contributed by atoms with Gasteiger partial charge in [-0.1, -0.05) is 13.8 Å². The van der Waals surface area contributed by atoms with Gasteiger partial charge in [-0.05, 0) is 43.3 Å². The maximum absolute atomic E-state index is 4.43. The van der Waals surface area contributed by atoms with Crippen LogP contribution in [0.4, 0.5) is 0 Å². The predicted octanol–water partition coefficient (Wildman–Crippen LogP) is 2.01. The monoisotopic (exact) mass is 207 g/mol. The third-order valence-corrected chi connectivity index (χ3v) is 3.02. The van der Waals surface area contributed by atoms with Crippen LogP contribution in [0.5, 0.6) is 0 Å². The van der Waals surface area contributed by atoms with Gasteiger partial charge in [-0.3, -0.25) is 4.68 Å². The zero-order valence-electron chi connectivity index (χ0n) is 9.74. The Bertz CT molecular complexity index is 298. The summed E-state index contributed by atoms with van der Waals surface area (Å²) in [6.07, 6.45) is 6.80. The molecule has 0 atom stereocenters. The van der Waals surface area contributed by atoms with Crippen LogP contribution >= 0.6 is 0 Å². The third kappa shape index (κ3) is 2.81. The first-order valence-corrected chi connectivity index (χ1v) is 5.99. The zero-order valence-corrected chi connectivity index (χ0v) is 9.74. The van der Waals surface area contributed by atoms with Crippen molar-refractivity contribution < 1.29 is 0 Å². The molecule has 0 aliphatic carbocycles. The number of piperidine rings is 1. The van der Waals surface area contributed by atoms with Crippen molar-refractivity contribution in [3.63, 3.8) is 0 Å². The number of aromatic nitrogens is 2. The summed E-state index contributed by atoms with van der Waals surface area (Å²) in [5, 5.41) is 7.82. The van der Waals surface area contributed by atoms with Gasteiger partial charge in [0.25, 0.3) is 0 Å². The van der Waals surface area contributed by atoms with Crippen molar-refractivity contribution in [1.29, 1.82) is 0 Å². The Morgan fingerprint density at radius 2 is 2.20 bits per heavy atom. The molecular formula is C12H21N3. The number of rotatable bonds is 3. The van der Waals surface area contributed by atoms with Crippen molar-refractivity contribution >= 4 is 0 Å². The molecule has 2 heterocycles. The van der Waals surface area contributed by atoms with Crippen molar-refractivity contribution in [3.05, 3.63) is 18.0 Å². The number of nitrogens with one attached hydrogen (secondary N) is 1. The van der Waals surface area contributed by atoms with Crippen LogP contribution in [0.25, 0.3) is 0 Å². The summed E-state index contributed by atoms with van der Waals surface area (Å²) >= 11 is 0. The fourth-order valence-corrected chi connectivity index (χ4v) is 2.22. The molecule has 0 bridgehead atoms. The van der Waals surface area contributed by atoms with E-state index in [1.807, 2.05) is 0 Å². The highest BCUT2D eigenvalue weighted by Crippen LogP contribution is 2.24. The minimum atomic E-state index is 0.672. The molecule has 1 aromatic heterocycles. The van der Waals surface area contributed by atoms with Crippen LogP contribution in [-0.2, 0) is 6.54 Å². The number of hydrogen-bond donors (Lipinski definition) is 1. The molecule has 0 radical (unpaired) electrons. The largest absolute Gasteiger partial charge is 0.317 e. The molecule has 0 aromatic carbocycles. The Balaban J connectivity index is 1.99. The van der Waals surface area contributed by atoms with E-state index in [-0.39, 0.29) is 0 Å². The van der Waals surface area contributed by atoms with Gasteiger partial charge >= 0.3 is 0 Å². The van der Waals surface area contributed by atoms with E-state index in [0.717, 1.165) is 25.6 Å². The lowest BCUT2D eigenvalue weighted by molar-refractivity contribution is 0.457. The van der Waals surface area contributed by atoms with Crippen LogP contribution in [-0.4, -0.2) is 22.9 Å². The Morgan fingerprint density at radius 3 is 2.87 bits per heavy atom. The van der Waals surface area contributed by atoms with Gasteiger partial charge in [0, 0.05) is 12.7 Å². The van der Waals surface area contributed by atoms with E-state index in [1.54, 1.807) is 0 Å². The van der Waals surface area contributed by atoms with E-state index in [4.69, 9.17) is 0 Å². The quantitative estimate of drug-likeness (QED) is 0.821. The fourth-order valence-electron chi connectivity index (χ4n) is 2.22. The molecule has 3 heteroatoms. The van der Waals surface area contributed by atoms with Crippen LogP contribution in [0, 0.1) is 5.92 Å². The second-order valence-corrected chi connectivity index (χ2v) is 4.91. The van der Waals surface area contributed by atoms with Crippen LogP contribution in [0.1, 0.15) is 38.2 Å². The average molecular weight is 207 g/mol. The molecule has 1 aromatic rings. The molecule has 1 N–H and O–H groups in total. The van der Waals surface area contributed by atoms with Gasteiger partial charge in [-0.2, -0.15) is 5.10 Å². The Kier molecular flexibility index (Phi) is 3.41. The van der Waals surface area contributed by atoms with Crippen LogP contribution in [0.2, 0.25) is 0 Å². The summed E-state index contributed by atoms with van der Waals surface area (Å²) in [4.78, 5) is 0. The summed E-state index contributed by atoms with van der Waals surface area (Å²) in [5.41, 5.74) is 1.43. The molecule has 1 fully saturated rings. The van der Waals surface area contributed by atoms with Gasteiger partial charge in [0.05, 0.1) is 6.20 Å². The van der Waals surface area contributed by atoms with Gasteiger partial charge in [0.2, 0.25) is 0 Å².